The molecule has 0 spiro atoms. The summed E-state index contributed by atoms with van der Waals surface area (Å²) >= 11 is 0. The molecule has 103 heavy (non-hydrogen) atoms. The van der Waals surface area contributed by atoms with Gasteiger partial charge in [-0.1, -0.05) is 109 Å². The van der Waals surface area contributed by atoms with E-state index in [2.05, 4.69) is 51.5 Å². The quantitative estimate of drug-likeness (QED) is 0.0207. The number of nitrogens with one attached hydrogen (secondary N) is 4. The molecule has 0 aliphatic heterocycles. The Labute approximate surface area is 613 Å². The molecule has 0 bridgehead atoms. The van der Waals surface area contributed by atoms with Crippen molar-refractivity contribution in [3.05, 3.63) is 251 Å². The van der Waals surface area contributed by atoms with Crippen LogP contribution in [0.25, 0.3) is 50.3 Å². The van der Waals surface area contributed by atoms with Gasteiger partial charge < -0.3 is 57.5 Å². The number of fused-ring (bicyclic) bond motifs is 3. The molecule has 522 valence electrons. The average Bonchev–Trinajstić information content (AvgIpc) is 1.75. The van der Waals surface area contributed by atoms with Crippen LogP contribution >= 0.6 is 0 Å². The topological polar surface area (TPSA) is 388 Å². The van der Waals surface area contributed by atoms with Gasteiger partial charge in [0.2, 0.25) is 17.5 Å². The van der Waals surface area contributed by atoms with Gasteiger partial charge in [-0.05, 0) is 141 Å². The Morgan fingerprint density at radius 1 is 0.456 bits per heavy atom. The molecule has 27 nitrogen and oxygen atoms in total. The molecule has 6 aromatic carbocycles. The summed E-state index contributed by atoms with van der Waals surface area (Å²) < 4.78 is 20.2. The number of rotatable bonds is 21. The van der Waals surface area contributed by atoms with E-state index in [1.807, 2.05) is 109 Å². The van der Waals surface area contributed by atoms with Crippen LogP contribution in [-0.2, 0) is 67.5 Å². The van der Waals surface area contributed by atoms with Crippen LogP contribution in [-0.4, -0.2) is 115 Å². The van der Waals surface area contributed by atoms with Crippen LogP contribution in [0.3, 0.4) is 0 Å². The van der Waals surface area contributed by atoms with Crippen LogP contribution in [0, 0.1) is 0 Å². The molecule has 0 aliphatic rings. The number of hydrogen-bond donors (Lipinski definition) is 7. The number of carbonyl (C=O) groups excluding carboxylic acids is 6. The van der Waals surface area contributed by atoms with Crippen molar-refractivity contribution < 1.29 is 87.9 Å². The van der Waals surface area contributed by atoms with Crippen molar-refractivity contribution in [1.29, 1.82) is 0 Å². The molecule has 0 saturated carbocycles. The average molecular weight is 1400 g/mol. The molecule has 0 radical (unpaired) electrons. The minimum absolute atomic E-state index is 0. The molecule has 6 heterocycles. The molecule has 12 aromatic rings. The third kappa shape index (κ3) is 20.4. The number of benzene rings is 6. The molecular formula is C75H74N15NaO12. The number of alkyl carbamates (subject to hydrolysis) is 1. The molecule has 0 unspecified atom stereocenters. The second kappa shape index (κ2) is 36.0. The summed E-state index contributed by atoms with van der Waals surface area (Å²) in [5.74, 6) is -3.32. The monoisotopic (exact) mass is 1400 g/mol. The van der Waals surface area contributed by atoms with E-state index >= 15 is 0 Å². The van der Waals surface area contributed by atoms with Crippen molar-refractivity contribution in [2.45, 2.75) is 79.1 Å². The first-order valence-electron chi connectivity index (χ1n) is 32.2. The van der Waals surface area contributed by atoms with Gasteiger partial charge >= 0.3 is 53.6 Å². The van der Waals surface area contributed by atoms with Crippen molar-refractivity contribution in [2.75, 3.05) is 29.2 Å². The number of aliphatic carboxylic acids is 1. The second-order valence-corrected chi connectivity index (χ2v) is 23.6. The van der Waals surface area contributed by atoms with Gasteiger partial charge in [-0.3, -0.25) is 28.8 Å². The summed E-state index contributed by atoms with van der Waals surface area (Å²) in [6.45, 7) is 10.5. The zero-order valence-corrected chi connectivity index (χ0v) is 59.4. The van der Waals surface area contributed by atoms with E-state index in [1.165, 1.54) is 0 Å². The third-order valence-corrected chi connectivity index (χ3v) is 15.1. The maximum Gasteiger partial charge on any atom is 1.00 e. The molecule has 0 fully saturated rings. The zero-order chi connectivity index (χ0) is 71.6. The maximum absolute atomic E-state index is 13.3. The number of anilines is 3. The molecule has 12 rings (SSSR count). The largest absolute Gasteiger partial charge is 1.00 e. The minimum Gasteiger partial charge on any atom is -0.870 e. The number of carboxylic acid groups (broad SMARTS) is 1. The minimum atomic E-state index is -0.983. The maximum atomic E-state index is 13.3. The fourth-order valence-corrected chi connectivity index (χ4v) is 10.6. The number of aromatic nitrogens is 9. The summed E-state index contributed by atoms with van der Waals surface area (Å²) in [6, 6.07) is 54.8. The summed E-state index contributed by atoms with van der Waals surface area (Å²) in [5, 5.41) is 33.3. The Morgan fingerprint density at radius 2 is 0.796 bits per heavy atom. The number of para-hydroxylation sites is 3. The molecule has 0 saturated heterocycles. The second-order valence-electron chi connectivity index (χ2n) is 23.6. The number of esters is 2. The number of amides is 4. The molecule has 6 aromatic heterocycles. The summed E-state index contributed by atoms with van der Waals surface area (Å²) in [6.07, 6.45) is 4.61. The van der Waals surface area contributed by atoms with E-state index in [0.717, 1.165) is 44.4 Å². The smallest absolute Gasteiger partial charge is 0.870 e. The van der Waals surface area contributed by atoms with Gasteiger partial charge in [0.15, 0.2) is 0 Å². The number of hydrogen-bond acceptors (Lipinski definition) is 19. The Balaban J connectivity index is 0.000000196. The Hall–Kier alpha value is -11.9. The molecular weight excluding hydrogens is 1330 g/mol. The number of carbonyl (C=O) groups is 7. The number of ether oxygens (including phenoxy) is 3. The normalized spacial score (nSPS) is 10.7. The Bertz CT molecular complexity index is 5030. The van der Waals surface area contributed by atoms with Gasteiger partial charge in [-0.25, -0.2) is 33.3 Å². The van der Waals surface area contributed by atoms with Crippen molar-refractivity contribution in [1.82, 2.24) is 49.1 Å². The van der Waals surface area contributed by atoms with Gasteiger partial charge in [0.25, 0.3) is 17.7 Å². The van der Waals surface area contributed by atoms with Gasteiger partial charge in [0, 0.05) is 72.0 Å². The fraction of sp³-hybridized carbons (Fsp3) is 0.187. The first-order valence-corrected chi connectivity index (χ1v) is 32.2. The number of nitrogens with two attached hydrogens (primary N) is 2. The predicted octanol–water partition coefficient (Wildman–Crippen LogP) is 7.55. The zero-order valence-electron chi connectivity index (χ0n) is 57.4. The van der Waals surface area contributed by atoms with Crippen LogP contribution in [0.1, 0.15) is 99.9 Å². The van der Waals surface area contributed by atoms with Crippen molar-refractivity contribution in [3.8, 4) is 33.8 Å². The van der Waals surface area contributed by atoms with E-state index in [9.17, 15) is 33.6 Å². The van der Waals surface area contributed by atoms with E-state index in [0.29, 0.717) is 76.0 Å². The van der Waals surface area contributed by atoms with E-state index in [-0.39, 0.29) is 96.9 Å². The van der Waals surface area contributed by atoms with Crippen molar-refractivity contribution in [2.24, 2.45) is 11.5 Å². The molecule has 10 N–H and O–H groups in total. The first-order chi connectivity index (χ1) is 48.8. The van der Waals surface area contributed by atoms with Gasteiger partial charge in [-0.2, -0.15) is 0 Å². The number of carboxylic acids is 1. The molecule has 0 atom stereocenters. The van der Waals surface area contributed by atoms with Crippen LogP contribution in [0.2, 0.25) is 0 Å². The van der Waals surface area contributed by atoms with E-state index in [4.69, 9.17) is 30.8 Å². The van der Waals surface area contributed by atoms with Crippen LogP contribution in [0.15, 0.2) is 201 Å². The standard InChI is InChI=1S/C29H31N5O5.C24H23N5O3.C22H19N5O3.Na.H2O/c1-5-38-24(35)17-20-11-6-7-13-22(20)31-27(36)26-32-25(23-14-9-15-34(23)33-26)21-12-8-10-19(16-21)18-30-28(37)39-29(2,3)4;1-2-32-21(30)14-17-8-3-4-10-19(17)26-24(31)23-27-22(20-11-6-12-29(20)28-23)18-9-5-7-16(13-18)15-25;23-13-14-5-3-7-16(11-14)20-18-9-4-10-27(18)26-21(25-20)22(30)24-17-8-2-1-6-15(17)12-19(28)29;;/h6-16H,5,17-18H2,1-4H3,(H,30,37)(H,31,36);3-13H,2,14-15,25H2,1H3,(H,26,31);1-11H,12-13,23H2,(H,24,30)(H,28,29);;1H2/q;;;+1;/p-1. The van der Waals surface area contributed by atoms with Crippen LogP contribution in [0.5, 0.6) is 0 Å². The fourth-order valence-electron chi connectivity index (χ4n) is 10.6. The summed E-state index contributed by atoms with van der Waals surface area (Å²) in [7, 11) is 0. The van der Waals surface area contributed by atoms with Crippen LogP contribution < -0.4 is 62.3 Å². The third-order valence-electron chi connectivity index (χ3n) is 15.1. The summed E-state index contributed by atoms with van der Waals surface area (Å²) in [5.41, 5.74) is 23.3. The van der Waals surface area contributed by atoms with Crippen LogP contribution in [0.4, 0.5) is 21.9 Å². The Morgan fingerprint density at radius 3 is 1.14 bits per heavy atom. The molecule has 0 aliphatic carbocycles. The van der Waals surface area contributed by atoms with E-state index in [1.54, 1.807) is 140 Å². The van der Waals surface area contributed by atoms with Crippen molar-refractivity contribution in [3.63, 3.8) is 0 Å². The summed E-state index contributed by atoms with van der Waals surface area (Å²) in [4.78, 5) is 100. The predicted molar refractivity (Wildman–Crippen MR) is 381 cm³/mol. The Kier molecular flexibility index (Phi) is 26.8. The van der Waals surface area contributed by atoms with Gasteiger partial charge in [0.1, 0.15) is 5.60 Å². The first kappa shape index (κ1) is 76.9. The van der Waals surface area contributed by atoms with Gasteiger partial charge in [0.05, 0.1) is 66.1 Å². The van der Waals surface area contributed by atoms with E-state index < -0.39 is 35.4 Å². The molecule has 4 amide bonds. The van der Waals surface area contributed by atoms with Gasteiger partial charge in [-0.15, -0.1) is 15.3 Å². The SMILES string of the molecule is CCOC(=O)Cc1ccccc1NC(=O)c1nc(-c2cccc(CN)c2)c2cccn2n1.CCOC(=O)Cc1ccccc1NC(=O)c1nc(-c2cccc(CNC(=O)OC(C)(C)C)c2)c2cccn2n1.NCc1cccc(-c2nc(C(=O)Nc3ccccc3CC(=O)O)nn3cccc23)c1.[Na+].[OH-]. The molecule has 28 heteroatoms. The van der Waals surface area contributed by atoms with Crippen molar-refractivity contribution >= 4 is 75.3 Å². The number of nitrogens with zero attached hydrogens (tertiary/aromatic N) is 9.